The third kappa shape index (κ3) is 5.87. The zero-order chi connectivity index (χ0) is 19.1. The number of thiazole rings is 1. The van der Waals surface area contributed by atoms with Gasteiger partial charge in [0.1, 0.15) is 5.71 Å². The number of rotatable bonds is 6. The van der Waals surface area contributed by atoms with Crippen molar-refractivity contribution in [1.29, 1.82) is 0 Å². The normalized spacial score (nSPS) is 11.4. The predicted molar refractivity (Wildman–Crippen MR) is 107 cm³/mol. The number of nitrogens with zero attached hydrogens (tertiary/aromatic N) is 3. The first kappa shape index (κ1) is 19.4. The highest BCUT2D eigenvalue weighted by Crippen LogP contribution is 2.24. The molecule has 0 unspecified atom stereocenters. The van der Waals surface area contributed by atoms with E-state index in [1.165, 1.54) is 18.3 Å². The molecule has 0 saturated heterocycles. The standard InChI is InChI=1S/C16H18ClN7OS/c1-9-14(26-16(20-9)24-21-10(2)25)13(22-23-15(18)19)8-5-11-3-6-12(17)7-4-11/h3-8H,1-2H3,(H,20,24)(H,21,25)(H4,18,19,23)/b8-5-,22-13+. The molecule has 1 aromatic heterocycles. The van der Waals surface area contributed by atoms with Crippen molar-refractivity contribution in [2.24, 2.45) is 21.7 Å². The molecular weight excluding hydrogens is 374 g/mol. The van der Waals surface area contributed by atoms with Crippen LogP contribution in [0.5, 0.6) is 0 Å². The Bertz CT molecular complexity index is 867. The Balaban J connectivity index is 2.33. The molecule has 26 heavy (non-hydrogen) atoms. The maximum Gasteiger partial charge on any atom is 0.235 e. The van der Waals surface area contributed by atoms with Crippen LogP contribution < -0.4 is 22.3 Å². The molecule has 0 saturated carbocycles. The van der Waals surface area contributed by atoms with Crippen LogP contribution in [0.15, 0.2) is 40.5 Å². The van der Waals surface area contributed by atoms with Gasteiger partial charge in [0.25, 0.3) is 0 Å². The van der Waals surface area contributed by atoms with Crippen LogP contribution in [0, 0.1) is 6.92 Å². The van der Waals surface area contributed by atoms with Crippen LogP contribution in [0.3, 0.4) is 0 Å². The van der Waals surface area contributed by atoms with Crippen LogP contribution in [0.25, 0.3) is 6.08 Å². The molecule has 8 nitrogen and oxygen atoms in total. The summed E-state index contributed by atoms with van der Waals surface area (Å²) in [6.45, 7) is 3.22. The maximum absolute atomic E-state index is 11.0. The van der Waals surface area contributed by atoms with Crippen LogP contribution in [0.4, 0.5) is 5.13 Å². The number of hydrazine groups is 1. The molecule has 1 aromatic carbocycles. The van der Waals surface area contributed by atoms with Crippen LogP contribution in [-0.4, -0.2) is 22.6 Å². The number of aryl methyl sites for hydroxylation is 1. The third-order valence-electron chi connectivity index (χ3n) is 2.95. The Morgan fingerprint density at radius 2 is 1.96 bits per heavy atom. The molecule has 2 aromatic rings. The van der Waals surface area contributed by atoms with Gasteiger partial charge < -0.3 is 11.5 Å². The van der Waals surface area contributed by atoms with Gasteiger partial charge in [-0.15, -0.1) is 10.2 Å². The SMILES string of the molecule is CC(=O)NNc1nc(C)c(C(/C=C\c2ccc(Cl)cc2)=N/N=C(N)N)s1. The quantitative estimate of drug-likeness (QED) is 0.341. The summed E-state index contributed by atoms with van der Waals surface area (Å²) in [6, 6.07) is 7.34. The summed E-state index contributed by atoms with van der Waals surface area (Å²) in [5, 5.41) is 9.00. The van der Waals surface area contributed by atoms with E-state index >= 15 is 0 Å². The zero-order valence-corrected chi connectivity index (χ0v) is 15.7. The van der Waals surface area contributed by atoms with Crippen LogP contribution in [0.1, 0.15) is 23.1 Å². The van der Waals surface area contributed by atoms with Gasteiger partial charge in [0.05, 0.1) is 10.6 Å². The van der Waals surface area contributed by atoms with Crippen molar-refractivity contribution in [3.05, 3.63) is 51.5 Å². The summed E-state index contributed by atoms with van der Waals surface area (Å²) in [4.78, 5) is 16.1. The number of hydrogen-bond acceptors (Lipinski definition) is 6. The number of carbonyl (C=O) groups is 1. The monoisotopic (exact) mass is 391 g/mol. The van der Waals surface area contributed by atoms with Gasteiger partial charge in [-0.3, -0.25) is 15.6 Å². The van der Waals surface area contributed by atoms with E-state index in [1.54, 1.807) is 18.2 Å². The molecule has 1 amide bonds. The summed E-state index contributed by atoms with van der Waals surface area (Å²) >= 11 is 7.20. The predicted octanol–water partition coefficient (Wildman–Crippen LogP) is 2.26. The molecule has 0 aliphatic heterocycles. The number of carbonyl (C=O) groups excluding carboxylic acids is 1. The lowest BCUT2D eigenvalue weighted by atomic mass is 10.1. The number of hydrogen-bond donors (Lipinski definition) is 4. The Morgan fingerprint density at radius 1 is 1.27 bits per heavy atom. The van der Waals surface area contributed by atoms with Gasteiger partial charge in [-0.05, 0) is 30.7 Å². The lowest BCUT2D eigenvalue weighted by molar-refractivity contribution is -0.118. The second-order valence-electron chi connectivity index (χ2n) is 5.13. The summed E-state index contributed by atoms with van der Waals surface area (Å²) in [5.74, 6) is -0.377. The Hall–Kier alpha value is -2.91. The van der Waals surface area contributed by atoms with Crippen molar-refractivity contribution in [3.63, 3.8) is 0 Å². The molecule has 0 bridgehead atoms. The molecule has 2 rings (SSSR count). The third-order valence-corrected chi connectivity index (χ3v) is 4.30. The fourth-order valence-corrected chi connectivity index (χ4v) is 2.85. The smallest absolute Gasteiger partial charge is 0.235 e. The molecular formula is C16H18ClN7OS. The van der Waals surface area contributed by atoms with Crippen molar-refractivity contribution < 1.29 is 4.79 Å². The number of nitrogens with one attached hydrogen (secondary N) is 2. The molecule has 0 radical (unpaired) electrons. The maximum atomic E-state index is 11.0. The summed E-state index contributed by atoms with van der Waals surface area (Å²) < 4.78 is 0. The topological polar surface area (TPSA) is 131 Å². The highest BCUT2D eigenvalue weighted by Gasteiger charge is 2.12. The highest BCUT2D eigenvalue weighted by atomic mass is 35.5. The van der Waals surface area contributed by atoms with E-state index in [-0.39, 0.29) is 11.9 Å². The molecule has 6 N–H and O–H groups in total. The van der Waals surface area contributed by atoms with E-state index in [0.717, 1.165) is 10.4 Å². The van der Waals surface area contributed by atoms with Gasteiger partial charge in [0.15, 0.2) is 0 Å². The van der Waals surface area contributed by atoms with E-state index in [4.69, 9.17) is 23.1 Å². The van der Waals surface area contributed by atoms with E-state index in [9.17, 15) is 4.79 Å². The van der Waals surface area contributed by atoms with E-state index < -0.39 is 0 Å². The number of halogens is 1. The van der Waals surface area contributed by atoms with Crippen LogP contribution >= 0.6 is 22.9 Å². The minimum atomic E-state index is -0.226. The van der Waals surface area contributed by atoms with Crippen molar-refractivity contribution in [2.75, 3.05) is 5.43 Å². The molecule has 10 heteroatoms. The first-order valence-electron chi connectivity index (χ1n) is 7.46. The fraction of sp³-hybridized carbons (Fsp3) is 0.125. The number of aromatic nitrogens is 1. The minimum absolute atomic E-state index is 0.152. The van der Waals surface area contributed by atoms with Gasteiger partial charge >= 0.3 is 0 Å². The van der Waals surface area contributed by atoms with Gasteiger partial charge in [-0.2, -0.15) is 0 Å². The summed E-state index contributed by atoms with van der Waals surface area (Å²) in [7, 11) is 0. The van der Waals surface area contributed by atoms with E-state index in [2.05, 4.69) is 26.0 Å². The molecule has 0 aliphatic rings. The van der Waals surface area contributed by atoms with Gasteiger partial charge in [0.2, 0.25) is 17.0 Å². The van der Waals surface area contributed by atoms with Gasteiger partial charge in [0, 0.05) is 11.9 Å². The van der Waals surface area contributed by atoms with Crippen molar-refractivity contribution in [2.45, 2.75) is 13.8 Å². The second-order valence-corrected chi connectivity index (χ2v) is 6.57. The lowest BCUT2D eigenvalue weighted by Gasteiger charge is -2.00. The van der Waals surface area contributed by atoms with Crippen molar-refractivity contribution >= 4 is 51.7 Å². The van der Waals surface area contributed by atoms with Crippen molar-refractivity contribution in [1.82, 2.24) is 10.4 Å². The number of amides is 1. The molecule has 0 atom stereocenters. The summed E-state index contributed by atoms with van der Waals surface area (Å²) in [5.41, 5.74) is 18.1. The number of benzene rings is 1. The second kappa shape index (κ2) is 8.97. The minimum Gasteiger partial charge on any atom is -0.369 e. The molecule has 1 heterocycles. The van der Waals surface area contributed by atoms with Crippen molar-refractivity contribution in [3.8, 4) is 0 Å². The highest BCUT2D eigenvalue weighted by molar-refractivity contribution is 7.17. The lowest BCUT2D eigenvalue weighted by Crippen LogP contribution is -2.26. The van der Waals surface area contributed by atoms with Gasteiger partial charge in [-0.1, -0.05) is 41.1 Å². The van der Waals surface area contributed by atoms with E-state index in [0.29, 0.717) is 21.6 Å². The molecule has 136 valence electrons. The Labute approximate surface area is 159 Å². The molecule has 0 spiro atoms. The zero-order valence-electron chi connectivity index (χ0n) is 14.2. The number of guanidine groups is 1. The van der Waals surface area contributed by atoms with E-state index in [1.807, 2.05) is 25.1 Å². The van der Waals surface area contributed by atoms with Crippen LogP contribution in [0.2, 0.25) is 5.02 Å². The number of allylic oxidation sites excluding steroid dienone is 1. The first-order chi connectivity index (χ1) is 12.3. The number of nitrogens with two attached hydrogens (primary N) is 2. The van der Waals surface area contributed by atoms with Crippen LogP contribution in [-0.2, 0) is 4.79 Å². The Morgan fingerprint density at radius 3 is 2.58 bits per heavy atom. The summed E-state index contributed by atoms with van der Waals surface area (Å²) in [6.07, 6.45) is 3.63. The molecule has 0 fully saturated rings. The average molecular weight is 392 g/mol. The fourth-order valence-electron chi connectivity index (χ4n) is 1.84. The first-order valence-corrected chi connectivity index (χ1v) is 8.65. The largest absolute Gasteiger partial charge is 0.369 e. The van der Waals surface area contributed by atoms with Gasteiger partial charge in [-0.25, -0.2) is 4.98 Å². The average Bonchev–Trinajstić information content (AvgIpc) is 2.95. The number of anilines is 1. The Kier molecular flexibility index (Phi) is 6.70. The molecule has 0 aliphatic carbocycles.